The molecule has 0 aliphatic rings. The molecule has 0 aliphatic carbocycles. The topological polar surface area (TPSA) is 233 Å². The molecule has 0 amide bonds. The van der Waals surface area contributed by atoms with Crippen molar-refractivity contribution in [2.24, 2.45) is 31.2 Å². The summed E-state index contributed by atoms with van der Waals surface area (Å²) in [6, 6.07) is 5.17. The monoisotopic (exact) mass is 540 g/mol. The van der Waals surface area contributed by atoms with E-state index in [9.17, 15) is 15.6 Å². The highest BCUT2D eigenvalue weighted by Gasteiger charge is 2.34. The van der Waals surface area contributed by atoms with Gasteiger partial charge in [-0.25, -0.2) is 15.8 Å². The van der Waals surface area contributed by atoms with Crippen LogP contribution in [0.15, 0.2) is 62.9 Å². The third-order valence-electron chi connectivity index (χ3n) is 5.51. The Kier molecular flexibility index (Phi) is 8.54. The van der Waals surface area contributed by atoms with Crippen molar-refractivity contribution in [1.82, 2.24) is 15.8 Å². The van der Waals surface area contributed by atoms with E-state index in [0.29, 0.717) is 72.7 Å². The Hall–Kier alpha value is -5.16. The number of nitrogens with zero attached hydrogens (tertiary/aromatic N) is 12. The first-order valence-electron chi connectivity index (χ1n) is 12.1. The van der Waals surface area contributed by atoms with Crippen LogP contribution >= 0.6 is 0 Å². The number of rotatable bonds is 12. The van der Waals surface area contributed by atoms with Crippen molar-refractivity contribution in [3.63, 3.8) is 0 Å². The largest absolute Gasteiger partial charge is 0.775 e. The number of aromatic nitrogens is 6. The summed E-state index contributed by atoms with van der Waals surface area (Å²) in [6.07, 6.45) is 2.07. The maximum Gasteiger partial charge on any atom is 0.347 e. The lowest BCUT2D eigenvalue weighted by Gasteiger charge is -2.04. The minimum absolute atomic E-state index is 0.126. The Morgan fingerprint density at radius 1 is 0.564 bits per heavy atom. The third-order valence-corrected chi connectivity index (χ3v) is 5.51. The predicted octanol–water partition coefficient (Wildman–Crippen LogP) is 4.49. The van der Waals surface area contributed by atoms with Gasteiger partial charge in [0.25, 0.3) is 0 Å². The van der Waals surface area contributed by atoms with E-state index in [1.165, 1.54) is 14.0 Å². The van der Waals surface area contributed by atoms with Crippen LogP contribution in [0.2, 0.25) is 0 Å². The van der Waals surface area contributed by atoms with Gasteiger partial charge in [-0.2, -0.15) is 0 Å². The minimum Gasteiger partial charge on any atom is -0.775 e. The summed E-state index contributed by atoms with van der Waals surface area (Å²) in [4.78, 5) is 0. The van der Waals surface area contributed by atoms with Crippen molar-refractivity contribution in [2.75, 3.05) is 0 Å². The van der Waals surface area contributed by atoms with Gasteiger partial charge in [-0.3, -0.25) is 13.6 Å². The van der Waals surface area contributed by atoms with Crippen molar-refractivity contribution in [3.05, 3.63) is 33.8 Å². The van der Waals surface area contributed by atoms with Crippen molar-refractivity contribution in [3.8, 4) is 33.8 Å². The second-order valence-electron chi connectivity index (χ2n) is 8.19. The Morgan fingerprint density at radius 3 is 1.08 bits per heavy atom. The van der Waals surface area contributed by atoms with E-state index in [0.717, 1.165) is 0 Å². The molecular weight excluding hydrogens is 516 g/mol. The zero-order chi connectivity index (χ0) is 27.8. The molecule has 1 aromatic carbocycles. The number of aryl methyl sites for hydroxylation is 3. The zero-order valence-corrected chi connectivity index (χ0v) is 21.3. The van der Waals surface area contributed by atoms with Crippen molar-refractivity contribution in [1.29, 1.82) is 0 Å². The molecule has 0 saturated carbocycles. The number of hydrogen-bond acceptors (Lipinski definition) is 15. The van der Waals surface area contributed by atoms with Crippen molar-refractivity contribution in [2.45, 2.75) is 59.7 Å². The number of hydrogen-bond donors (Lipinski definition) is 0. The van der Waals surface area contributed by atoms with Crippen LogP contribution in [-0.4, -0.2) is 15.8 Å². The van der Waals surface area contributed by atoms with Gasteiger partial charge in [0, 0.05) is 19.3 Å². The summed E-state index contributed by atoms with van der Waals surface area (Å²) in [5, 5.41) is 63.6. The van der Waals surface area contributed by atoms with Gasteiger partial charge in [0.15, 0.2) is 19.6 Å². The highest BCUT2D eigenvalue weighted by atomic mass is 16.5. The third kappa shape index (κ3) is 5.43. The van der Waals surface area contributed by atoms with E-state index >= 15 is 0 Å². The summed E-state index contributed by atoms with van der Waals surface area (Å²) in [5.74, 6) is -0.378. The maximum absolute atomic E-state index is 11.0. The van der Waals surface area contributed by atoms with Gasteiger partial charge in [0.2, 0.25) is 15.8 Å². The summed E-state index contributed by atoms with van der Waals surface area (Å²) in [6.45, 7) is 7.13. The lowest BCUT2D eigenvalue weighted by atomic mass is 9.99. The second-order valence-corrected chi connectivity index (χ2v) is 8.19. The van der Waals surface area contributed by atoms with E-state index in [1.54, 1.807) is 18.2 Å². The first-order valence-corrected chi connectivity index (χ1v) is 12.1. The van der Waals surface area contributed by atoms with Gasteiger partial charge >= 0.3 is 34.7 Å². The highest BCUT2D eigenvalue weighted by Crippen LogP contribution is 2.38. The molecule has 0 radical (unpaired) electrons. The molecule has 39 heavy (non-hydrogen) atoms. The second kappa shape index (κ2) is 12.4. The molecular formula is C21H24N12O6. The van der Waals surface area contributed by atoms with Gasteiger partial charge in [0.1, 0.15) is 0 Å². The van der Waals surface area contributed by atoms with E-state index in [-0.39, 0.29) is 17.7 Å². The SMILES string of the molecule is CCC[n+]1noc(/N=N\[O-])c1-c1cc(-c2c(/N=N\[O-])on[n+]2CCC)cc(-c2c(/N=N\[O-])on[n+]2CCC)c1. The van der Waals surface area contributed by atoms with Crippen LogP contribution in [0.4, 0.5) is 17.7 Å². The van der Waals surface area contributed by atoms with E-state index < -0.39 is 0 Å². The molecule has 0 aliphatic heterocycles. The van der Waals surface area contributed by atoms with Crippen LogP contribution in [-0.2, 0) is 19.6 Å². The van der Waals surface area contributed by atoms with Gasteiger partial charge in [-0.15, -0.1) is 15.3 Å². The Balaban J connectivity index is 2.09. The molecule has 0 saturated heterocycles. The summed E-state index contributed by atoms with van der Waals surface area (Å²) >= 11 is 0. The Bertz CT molecular complexity index is 1320. The lowest BCUT2D eigenvalue weighted by molar-refractivity contribution is -0.753. The molecule has 0 spiro atoms. The average Bonchev–Trinajstić information content (AvgIpc) is 3.63. The molecule has 0 N–H and O–H groups in total. The molecule has 18 nitrogen and oxygen atoms in total. The van der Waals surface area contributed by atoms with Crippen LogP contribution in [0.3, 0.4) is 0 Å². The molecule has 0 bridgehead atoms. The lowest BCUT2D eigenvalue weighted by Crippen LogP contribution is -2.38. The summed E-state index contributed by atoms with van der Waals surface area (Å²) in [5.41, 5.74) is 2.45. The molecule has 18 heteroatoms. The average molecular weight is 541 g/mol. The molecule has 3 heterocycles. The number of benzene rings is 1. The Labute approximate surface area is 220 Å². The van der Waals surface area contributed by atoms with Crippen LogP contribution in [0.1, 0.15) is 40.0 Å². The fraction of sp³-hybridized carbons (Fsp3) is 0.429. The van der Waals surface area contributed by atoms with Crippen LogP contribution < -0.4 is 14.0 Å². The van der Waals surface area contributed by atoms with Crippen LogP contribution in [0.5, 0.6) is 0 Å². The van der Waals surface area contributed by atoms with Gasteiger partial charge in [-0.05, 0) is 32.2 Å². The predicted molar refractivity (Wildman–Crippen MR) is 128 cm³/mol. The maximum atomic E-state index is 11.0. The molecule has 0 unspecified atom stereocenters. The molecule has 0 atom stereocenters. The van der Waals surface area contributed by atoms with Crippen LogP contribution in [0, 0.1) is 15.6 Å². The first-order chi connectivity index (χ1) is 19.1. The zero-order valence-electron chi connectivity index (χ0n) is 21.3. The molecule has 3 aromatic heterocycles. The quantitative estimate of drug-likeness (QED) is 0.140. The van der Waals surface area contributed by atoms with E-state index in [2.05, 4.69) is 47.0 Å². The summed E-state index contributed by atoms with van der Waals surface area (Å²) in [7, 11) is 0. The van der Waals surface area contributed by atoms with Gasteiger partial charge in [0.05, 0.1) is 16.7 Å². The molecule has 0 fully saturated rings. The van der Waals surface area contributed by atoms with Crippen molar-refractivity contribution >= 4 is 17.7 Å². The fourth-order valence-electron chi connectivity index (χ4n) is 4.10. The van der Waals surface area contributed by atoms with E-state index in [1.807, 2.05) is 20.8 Å². The fourth-order valence-corrected chi connectivity index (χ4v) is 4.10. The molecule has 4 aromatic rings. The van der Waals surface area contributed by atoms with Crippen LogP contribution in [0.25, 0.3) is 33.8 Å². The standard InChI is InChI=1S/C21H24N12O6/c1-4-7-31-16(19(22-25-34)37-28-31)13-10-14(17-20(23-26-35)38-29-32(17)8-5-2)12-15(11-13)18-21(24-27-36)39-30-33(18)9-6-3/h10-12H,4-9H2,1-3H3. The first kappa shape index (κ1) is 26.9. The molecule has 204 valence electrons. The molecule has 4 rings (SSSR count). The highest BCUT2D eigenvalue weighted by molar-refractivity contribution is 5.81. The van der Waals surface area contributed by atoms with E-state index in [4.69, 9.17) is 13.6 Å². The smallest absolute Gasteiger partial charge is 0.347 e. The summed E-state index contributed by atoms with van der Waals surface area (Å²) < 4.78 is 20.5. The normalized spacial score (nSPS) is 12.1. The Morgan fingerprint density at radius 2 is 0.846 bits per heavy atom. The van der Waals surface area contributed by atoms with Crippen molar-refractivity contribution < 1.29 is 27.6 Å². The minimum atomic E-state index is -0.126. The van der Waals surface area contributed by atoms with Gasteiger partial charge < -0.3 is 15.6 Å². The van der Waals surface area contributed by atoms with Gasteiger partial charge in [-0.1, -0.05) is 20.8 Å².